The number of aromatic hydroxyl groups is 1. The van der Waals surface area contributed by atoms with E-state index >= 15 is 0 Å². The fourth-order valence-electron chi connectivity index (χ4n) is 1.13. The maximum atomic E-state index is 9.52. The molecule has 78 valence electrons. The predicted octanol–water partition coefficient (Wildman–Crippen LogP) is 2.25. The Morgan fingerprint density at radius 3 is 2.43 bits per heavy atom. The van der Waals surface area contributed by atoms with Crippen LogP contribution in [0.3, 0.4) is 0 Å². The molecule has 0 aliphatic rings. The van der Waals surface area contributed by atoms with E-state index < -0.39 is 0 Å². The number of benzene rings is 1. The molecular formula is C11H17NO2. The lowest BCUT2D eigenvalue weighted by atomic mass is 10.2. The maximum absolute atomic E-state index is 9.52. The second kappa shape index (κ2) is 4.22. The third-order valence-corrected chi connectivity index (χ3v) is 1.82. The van der Waals surface area contributed by atoms with Crippen molar-refractivity contribution < 1.29 is 9.84 Å². The minimum Gasteiger partial charge on any atom is -0.504 e. The summed E-state index contributed by atoms with van der Waals surface area (Å²) in [4.78, 5) is 1.96. The van der Waals surface area contributed by atoms with Crippen LogP contribution in [0.25, 0.3) is 0 Å². The Kier molecular flexibility index (Phi) is 3.23. The van der Waals surface area contributed by atoms with Gasteiger partial charge in [0.05, 0.1) is 6.10 Å². The van der Waals surface area contributed by atoms with Crippen LogP contribution in [-0.4, -0.2) is 25.3 Å². The summed E-state index contributed by atoms with van der Waals surface area (Å²) < 4.78 is 5.46. The summed E-state index contributed by atoms with van der Waals surface area (Å²) in [7, 11) is 3.90. The van der Waals surface area contributed by atoms with E-state index in [1.54, 1.807) is 6.07 Å². The monoisotopic (exact) mass is 195 g/mol. The van der Waals surface area contributed by atoms with Gasteiger partial charge in [0.1, 0.15) is 0 Å². The molecule has 0 amide bonds. The zero-order valence-electron chi connectivity index (χ0n) is 9.11. The van der Waals surface area contributed by atoms with Crippen LogP contribution in [0.2, 0.25) is 0 Å². The highest BCUT2D eigenvalue weighted by molar-refractivity contribution is 5.55. The van der Waals surface area contributed by atoms with Gasteiger partial charge in [-0.25, -0.2) is 0 Å². The molecule has 3 nitrogen and oxygen atoms in total. The molecule has 0 aliphatic carbocycles. The highest BCUT2D eigenvalue weighted by Crippen LogP contribution is 2.30. The van der Waals surface area contributed by atoms with Crippen LogP contribution < -0.4 is 9.64 Å². The zero-order chi connectivity index (χ0) is 10.7. The van der Waals surface area contributed by atoms with Crippen molar-refractivity contribution in [2.75, 3.05) is 19.0 Å². The van der Waals surface area contributed by atoms with Gasteiger partial charge in [-0.05, 0) is 26.0 Å². The summed E-state index contributed by atoms with van der Waals surface area (Å²) in [5, 5.41) is 9.52. The average molecular weight is 195 g/mol. The number of phenols is 1. The van der Waals surface area contributed by atoms with Gasteiger partial charge in [0.25, 0.3) is 0 Å². The molecular weight excluding hydrogens is 178 g/mol. The van der Waals surface area contributed by atoms with Crippen molar-refractivity contribution >= 4 is 5.69 Å². The van der Waals surface area contributed by atoms with Gasteiger partial charge in [-0.15, -0.1) is 0 Å². The topological polar surface area (TPSA) is 32.7 Å². The highest BCUT2D eigenvalue weighted by Gasteiger charge is 2.06. The number of anilines is 1. The molecule has 0 radical (unpaired) electrons. The Morgan fingerprint density at radius 2 is 1.93 bits per heavy atom. The molecule has 0 unspecified atom stereocenters. The van der Waals surface area contributed by atoms with E-state index in [9.17, 15) is 5.11 Å². The van der Waals surface area contributed by atoms with Crippen molar-refractivity contribution in [3.8, 4) is 11.5 Å². The van der Waals surface area contributed by atoms with Crippen molar-refractivity contribution in [3.63, 3.8) is 0 Å². The van der Waals surface area contributed by atoms with E-state index in [2.05, 4.69) is 0 Å². The number of rotatable bonds is 3. The number of ether oxygens (including phenoxy) is 1. The Labute approximate surface area is 84.9 Å². The molecule has 0 atom stereocenters. The van der Waals surface area contributed by atoms with Gasteiger partial charge < -0.3 is 14.7 Å². The molecule has 0 fully saturated rings. The van der Waals surface area contributed by atoms with Gasteiger partial charge in [-0.2, -0.15) is 0 Å². The van der Waals surface area contributed by atoms with Crippen LogP contribution >= 0.6 is 0 Å². The molecule has 1 aromatic rings. The molecule has 14 heavy (non-hydrogen) atoms. The molecule has 0 saturated heterocycles. The van der Waals surface area contributed by atoms with Crippen LogP contribution in [-0.2, 0) is 0 Å². The van der Waals surface area contributed by atoms with Crippen LogP contribution in [0.1, 0.15) is 13.8 Å². The fraction of sp³-hybridized carbons (Fsp3) is 0.455. The van der Waals surface area contributed by atoms with E-state index in [-0.39, 0.29) is 11.9 Å². The smallest absolute Gasteiger partial charge is 0.163 e. The Morgan fingerprint density at radius 1 is 1.29 bits per heavy atom. The predicted molar refractivity (Wildman–Crippen MR) is 58.2 cm³/mol. The first-order valence-corrected chi connectivity index (χ1v) is 4.67. The summed E-state index contributed by atoms with van der Waals surface area (Å²) in [6.45, 7) is 3.86. The average Bonchev–Trinajstić information content (AvgIpc) is 2.07. The fourth-order valence-corrected chi connectivity index (χ4v) is 1.13. The number of nitrogens with zero attached hydrogens (tertiary/aromatic N) is 1. The van der Waals surface area contributed by atoms with E-state index in [1.807, 2.05) is 45.0 Å². The Hall–Kier alpha value is -1.38. The highest BCUT2D eigenvalue weighted by atomic mass is 16.5. The first-order chi connectivity index (χ1) is 6.50. The summed E-state index contributed by atoms with van der Waals surface area (Å²) in [5.41, 5.74) is 1.01. The normalized spacial score (nSPS) is 10.4. The first-order valence-electron chi connectivity index (χ1n) is 4.67. The van der Waals surface area contributed by atoms with Gasteiger partial charge in [0.15, 0.2) is 11.5 Å². The first kappa shape index (κ1) is 10.7. The molecule has 1 aromatic carbocycles. The summed E-state index contributed by atoms with van der Waals surface area (Å²) >= 11 is 0. The minimum atomic E-state index is 0.0679. The van der Waals surface area contributed by atoms with E-state index in [0.717, 1.165) is 5.69 Å². The summed E-state index contributed by atoms with van der Waals surface area (Å²) in [5.74, 6) is 0.718. The van der Waals surface area contributed by atoms with Crippen molar-refractivity contribution in [1.29, 1.82) is 0 Å². The molecule has 1 N–H and O–H groups in total. The van der Waals surface area contributed by atoms with Gasteiger partial charge in [-0.1, -0.05) is 0 Å². The Bertz CT molecular complexity index is 308. The largest absolute Gasteiger partial charge is 0.504 e. The minimum absolute atomic E-state index is 0.0679. The van der Waals surface area contributed by atoms with Crippen molar-refractivity contribution in [3.05, 3.63) is 18.2 Å². The second-order valence-corrected chi connectivity index (χ2v) is 3.71. The van der Waals surface area contributed by atoms with E-state index in [0.29, 0.717) is 5.75 Å². The van der Waals surface area contributed by atoms with Gasteiger partial charge in [0.2, 0.25) is 0 Å². The quantitative estimate of drug-likeness (QED) is 0.803. The lowest BCUT2D eigenvalue weighted by Crippen LogP contribution is -2.10. The van der Waals surface area contributed by atoms with Gasteiger partial charge in [-0.3, -0.25) is 0 Å². The molecule has 1 rings (SSSR count). The summed E-state index contributed by atoms with van der Waals surface area (Å²) in [6.07, 6.45) is 0.0679. The van der Waals surface area contributed by atoms with Crippen molar-refractivity contribution in [1.82, 2.24) is 0 Å². The lowest BCUT2D eigenvalue weighted by Gasteiger charge is -2.16. The lowest BCUT2D eigenvalue weighted by molar-refractivity contribution is 0.232. The molecule has 0 aliphatic heterocycles. The molecule has 3 heteroatoms. The SMILES string of the molecule is CC(C)Oc1cc(N(C)C)ccc1O. The standard InChI is InChI=1S/C11H17NO2/c1-8(2)14-11-7-9(12(3)4)5-6-10(11)13/h5-8,13H,1-4H3. The van der Waals surface area contributed by atoms with Crippen molar-refractivity contribution in [2.45, 2.75) is 20.0 Å². The van der Waals surface area contributed by atoms with Crippen LogP contribution in [0.15, 0.2) is 18.2 Å². The molecule has 0 bridgehead atoms. The number of phenolic OH excluding ortho intramolecular Hbond substituents is 1. The van der Waals surface area contributed by atoms with Crippen LogP contribution in [0.4, 0.5) is 5.69 Å². The zero-order valence-corrected chi connectivity index (χ0v) is 9.11. The molecule has 0 aromatic heterocycles. The number of hydrogen-bond acceptors (Lipinski definition) is 3. The molecule has 0 heterocycles. The third kappa shape index (κ3) is 2.55. The van der Waals surface area contributed by atoms with Crippen LogP contribution in [0.5, 0.6) is 11.5 Å². The van der Waals surface area contributed by atoms with Crippen molar-refractivity contribution in [2.24, 2.45) is 0 Å². The van der Waals surface area contributed by atoms with Gasteiger partial charge >= 0.3 is 0 Å². The van der Waals surface area contributed by atoms with E-state index in [4.69, 9.17) is 4.74 Å². The van der Waals surface area contributed by atoms with E-state index in [1.165, 1.54) is 0 Å². The molecule has 0 spiro atoms. The number of hydrogen-bond donors (Lipinski definition) is 1. The molecule has 0 saturated carbocycles. The maximum Gasteiger partial charge on any atom is 0.163 e. The Balaban J connectivity index is 2.96. The van der Waals surface area contributed by atoms with Gasteiger partial charge in [0, 0.05) is 25.8 Å². The second-order valence-electron chi connectivity index (χ2n) is 3.71. The summed E-state index contributed by atoms with van der Waals surface area (Å²) in [6, 6.07) is 5.32. The third-order valence-electron chi connectivity index (χ3n) is 1.82. The van der Waals surface area contributed by atoms with Crippen LogP contribution in [0, 0.1) is 0 Å².